The van der Waals surface area contributed by atoms with E-state index in [9.17, 15) is 30.0 Å². The van der Waals surface area contributed by atoms with Crippen molar-refractivity contribution in [3.63, 3.8) is 0 Å². The van der Waals surface area contributed by atoms with Gasteiger partial charge in [-0.05, 0) is 34.9 Å². The number of carboxylic acids is 2. The normalized spacial score (nSPS) is 11.0. The van der Waals surface area contributed by atoms with Crippen LogP contribution >= 0.6 is 0 Å². The van der Waals surface area contributed by atoms with Crippen molar-refractivity contribution in [2.75, 3.05) is 31.2 Å². The quantitative estimate of drug-likeness (QED) is 0.0613. The molecule has 0 amide bonds. The molecule has 9 heteroatoms. The van der Waals surface area contributed by atoms with Gasteiger partial charge in [-0.25, -0.2) is 0 Å². The van der Waals surface area contributed by atoms with Crippen LogP contribution in [0, 0.1) is 0 Å². The number of aliphatic carboxylic acids is 2. The summed E-state index contributed by atoms with van der Waals surface area (Å²) in [7, 11) is 0. The maximum atomic E-state index is 11.5. The number of carboxylic acid groups (broad SMARTS) is 2. The van der Waals surface area contributed by atoms with E-state index in [-0.39, 0.29) is 11.5 Å². The van der Waals surface area contributed by atoms with E-state index in [0.29, 0.717) is 36.8 Å². The second-order valence-corrected chi connectivity index (χ2v) is 11.7. The van der Waals surface area contributed by atoms with E-state index >= 15 is 0 Å². The monoisotopic (exact) mass is 623 g/mol. The lowest BCUT2D eigenvalue weighted by Gasteiger charge is -2.22. The fraction of sp³-hybridized carbons (Fsp3) is 0.500. The number of aromatic hydroxyl groups is 2. The second-order valence-electron chi connectivity index (χ2n) is 11.7. The van der Waals surface area contributed by atoms with Crippen molar-refractivity contribution in [3.05, 3.63) is 54.1 Å². The van der Waals surface area contributed by atoms with Crippen LogP contribution in [0.15, 0.2) is 48.5 Å². The molecule has 0 aliphatic carbocycles. The van der Waals surface area contributed by atoms with Crippen molar-refractivity contribution in [3.8, 4) is 23.0 Å². The van der Waals surface area contributed by atoms with Crippen molar-refractivity contribution in [2.24, 2.45) is 0 Å². The Balaban J connectivity index is 1.55. The SMILES string of the molecule is CCCCCCCCCCCCCCOc1cc(OCCc2ccc3cc(O)c(O)cc3c2)cc(N(CC(=O)O)CC(=O)O)c1. The topological polar surface area (TPSA) is 137 Å². The summed E-state index contributed by atoms with van der Waals surface area (Å²) in [4.78, 5) is 24.2. The summed E-state index contributed by atoms with van der Waals surface area (Å²) in [6.07, 6.45) is 15.5. The number of phenols is 2. The molecule has 4 N–H and O–H groups in total. The number of rotatable bonds is 23. The highest BCUT2D eigenvalue weighted by Crippen LogP contribution is 2.32. The molecule has 45 heavy (non-hydrogen) atoms. The number of benzene rings is 3. The molecule has 3 aromatic rings. The van der Waals surface area contributed by atoms with Crippen LogP contribution < -0.4 is 14.4 Å². The summed E-state index contributed by atoms with van der Waals surface area (Å²) in [6, 6.07) is 13.7. The Morgan fingerprint density at radius 3 is 1.69 bits per heavy atom. The minimum absolute atomic E-state index is 0.171. The lowest BCUT2D eigenvalue weighted by atomic mass is 10.0. The van der Waals surface area contributed by atoms with Gasteiger partial charge in [-0.3, -0.25) is 9.59 Å². The number of phenolic OH excluding ortho intramolecular Hbond substituents is 2. The van der Waals surface area contributed by atoms with Crippen LogP contribution in [0.4, 0.5) is 5.69 Å². The molecule has 0 spiro atoms. The van der Waals surface area contributed by atoms with Gasteiger partial charge in [-0.2, -0.15) is 0 Å². The average molecular weight is 624 g/mol. The van der Waals surface area contributed by atoms with E-state index in [1.54, 1.807) is 18.2 Å². The summed E-state index contributed by atoms with van der Waals surface area (Å²) in [5.74, 6) is -1.70. The van der Waals surface area contributed by atoms with Crippen LogP contribution in [0.5, 0.6) is 23.0 Å². The first-order valence-electron chi connectivity index (χ1n) is 16.3. The Bertz CT molecular complexity index is 1340. The maximum Gasteiger partial charge on any atom is 0.323 e. The third kappa shape index (κ3) is 13.2. The molecule has 0 heterocycles. The van der Waals surface area contributed by atoms with Crippen LogP contribution in [0.25, 0.3) is 10.8 Å². The number of fused-ring (bicyclic) bond motifs is 1. The minimum Gasteiger partial charge on any atom is -0.504 e. The molecular weight excluding hydrogens is 574 g/mol. The number of nitrogens with zero attached hydrogens (tertiary/aromatic N) is 1. The van der Waals surface area contributed by atoms with Crippen molar-refractivity contribution in [2.45, 2.75) is 90.4 Å². The summed E-state index contributed by atoms with van der Waals surface area (Å²) in [5.41, 5.74) is 1.36. The molecule has 0 aromatic heterocycles. The molecule has 3 rings (SSSR count). The zero-order valence-electron chi connectivity index (χ0n) is 26.5. The van der Waals surface area contributed by atoms with Gasteiger partial charge in [0.1, 0.15) is 24.6 Å². The van der Waals surface area contributed by atoms with Gasteiger partial charge in [0.05, 0.1) is 13.2 Å². The number of carbonyl (C=O) groups is 2. The Hall–Kier alpha value is -4.14. The van der Waals surface area contributed by atoms with E-state index in [1.165, 1.54) is 74.8 Å². The van der Waals surface area contributed by atoms with Gasteiger partial charge < -0.3 is 34.8 Å². The highest BCUT2D eigenvalue weighted by molar-refractivity contribution is 5.86. The third-order valence-electron chi connectivity index (χ3n) is 7.81. The van der Waals surface area contributed by atoms with Crippen molar-refractivity contribution in [1.82, 2.24) is 0 Å². The Labute approximate surface area is 266 Å². The van der Waals surface area contributed by atoms with Gasteiger partial charge in [0.2, 0.25) is 0 Å². The molecule has 0 atom stereocenters. The number of unbranched alkanes of at least 4 members (excludes halogenated alkanes) is 11. The highest BCUT2D eigenvalue weighted by atomic mass is 16.5. The summed E-state index contributed by atoms with van der Waals surface area (Å²) < 4.78 is 12.1. The van der Waals surface area contributed by atoms with Crippen molar-refractivity contribution >= 4 is 28.4 Å². The Kier molecular flexibility index (Phi) is 15.1. The molecule has 0 saturated carbocycles. The lowest BCUT2D eigenvalue weighted by molar-refractivity contribution is -0.136. The molecule has 0 radical (unpaired) electrons. The molecule has 0 saturated heterocycles. The fourth-order valence-electron chi connectivity index (χ4n) is 5.37. The largest absolute Gasteiger partial charge is 0.504 e. The van der Waals surface area contributed by atoms with Crippen LogP contribution in [0.2, 0.25) is 0 Å². The van der Waals surface area contributed by atoms with Crippen LogP contribution in [-0.2, 0) is 16.0 Å². The molecule has 246 valence electrons. The van der Waals surface area contributed by atoms with E-state index in [2.05, 4.69) is 6.92 Å². The number of anilines is 1. The summed E-state index contributed by atoms with van der Waals surface area (Å²) >= 11 is 0. The van der Waals surface area contributed by atoms with E-state index in [0.717, 1.165) is 35.6 Å². The summed E-state index contributed by atoms with van der Waals surface area (Å²) in [6.45, 7) is 2.08. The first kappa shape index (κ1) is 35.3. The van der Waals surface area contributed by atoms with Gasteiger partial charge in [0, 0.05) is 30.3 Å². The van der Waals surface area contributed by atoms with Gasteiger partial charge >= 0.3 is 11.9 Å². The first-order chi connectivity index (χ1) is 21.7. The number of ether oxygens (including phenoxy) is 2. The predicted molar refractivity (Wildman–Crippen MR) is 177 cm³/mol. The zero-order valence-corrected chi connectivity index (χ0v) is 26.5. The summed E-state index contributed by atoms with van der Waals surface area (Å²) in [5, 5.41) is 39.9. The van der Waals surface area contributed by atoms with Crippen molar-refractivity contribution < 1.29 is 39.5 Å². The fourth-order valence-corrected chi connectivity index (χ4v) is 5.37. The van der Waals surface area contributed by atoms with Crippen LogP contribution in [0.3, 0.4) is 0 Å². The van der Waals surface area contributed by atoms with Crippen LogP contribution in [-0.4, -0.2) is 58.7 Å². The van der Waals surface area contributed by atoms with E-state index in [1.807, 2.05) is 18.2 Å². The van der Waals surface area contributed by atoms with E-state index in [4.69, 9.17) is 9.47 Å². The molecule has 0 bridgehead atoms. The average Bonchev–Trinajstić information content (AvgIpc) is 2.99. The molecule has 0 aliphatic rings. The first-order valence-corrected chi connectivity index (χ1v) is 16.3. The van der Waals surface area contributed by atoms with Gasteiger partial charge in [0.15, 0.2) is 11.5 Å². The molecule has 0 unspecified atom stereocenters. The minimum atomic E-state index is -1.14. The Morgan fingerprint density at radius 1 is 0.622 bits per heavy atom. The molecule has 0 fully saturated rings. The molecule has 9 nitrogen and oxygen atoms in total. The molecule has 3 aromatic carbocycles. The van der Waals surface area contributed by atoms with Gasteiger partial charge in [-0.1, -0.05) is 95.8 Å². The highest BCUT2D eigenvalue weighted by Gasteiger charge is 2.17. The van der Waals surface area contributed by atoms with Crippen molar-refractivity contribution in [1.29, 1.82) is 0 Å². The second kappa shape index (κ2) is 19.3. The van der Waals surface area contributed by atoms with Crippen LogP contribution in [0.1, 0.15) is 89.5 Å². The van der Waals surface area contributed by atoms with Gasteiger partial charge in [0.25, 0.3) is 0 Å². The zero-order chi connectivity index (χ0) is 32.4. The molecular formula is C36H49NO8. The lowest BCUT2D eigenvalue weighted by Crippen LogP contribution is -2.34. The standard InChI is InChI=1S/C36H49NO8/c1-2-3-4-5-6-7-8-9-10-11-12-13-17-44-31-22-30(37(25-35(40)41)26-36(42)43)23-32(24-31)45-18-16-27-14-15-28-20-33(38)34(39)21-29(28)19-27/h14-15,19-24,38-39H,2-13,16-18,25-26H2,1H3,(H,40,41)(H,42,43). The number of hydrogen-bond acceptors (Lipinski definition) is 7. The smallest absolute Gasteiger partial charge is 0.323 e. The van der Waals surface area contributed by atoms with E-state index < -0.39 is 25.0 Å². The Morgan fingerprint density at radius 2 is 1.13 bits per heavy atom. The maximum absolute atomic E-state index is 11.5. The number of hydrogen-bond donors (Lipinski definition) is 4. The third-order valence-corrected chi connectivity index (χ3v) is 7.81. The molecule has 0 aliphatic heterocycles. The predicted octanol–water partition coefficient (Wildman–Crippen LogP) is 7.93. The van der Waals surface area contributed by atoms with Gasteiger partial charge in [-0.15, -0.1) is 0 Å².